The smallest absolute Gasteiger partial charge is 0.416 e. The molecule has 1 heterocycles. The number of rotatable bonds is 50. The van der Waals surface area contributed by atoms with Crippen molar-refractivity contribution in [1.29, 1.82) is 0 Å². The van der Waals surface area contributed by atoms with Crippen LogP contribution < -0.4 is 4.74 Å². The first kappa shape index (κ1) is 106. The van der Waals surface area contributed by atoms with E-state index in [-0.39, 0.29) is 96.7 Å². The van der Waals surface area contributed by atoms with Gasteiger partial charge in [-0.05, 0) is 228 Å². The highest BCUT2D eigenvalue weighted by atomic mass is 19.4. The van der Waals surface area contributed by atoms with E-state index in [1.165, 1.54) is 23.3 Å². The van der Waals surface area contributed by atoms with Crippen LogP contribution in [0.2, 0.25) is 0 Å². The predicted octanol–water partition coefficient (Wildman–Crippen LogP) is 15.2. The molecule has 0 amide bonds. The third-order valence-electron chi connectivity index (χ3n) is 23.6. The molecule has 686 valence electrons. The maximum atomic E-state index is 12.9. The first-order chi connectivity index (χ1) is 58.3. The Morgan fingerprint density at radius 3 is 1.43 bits per heavy atom. The van der Waals surface area contributed by atoms with Crippen LogP contribution in [0.15, 0.2) is 158 Å². The number of aryl methyl sites for hydroxylation is 2. The number of alkyl halides is 3. The molecular formula is C98H147F3O21. The number of carboxylic acids is 1. The van der Waals surface area contributed by atoms with Gasteiger partial charge in [0.2, 0.25) is 0 Å². The zero-order valence-electron chi connectivity index (χ0n) is 72.9. The van der Waals surface area contributed by atoms with Crippen LogP contribution in [0.3, 0.4) is 0 Å². The van der Waals surface area contributed by atoms with Crippen molar-refractivity contribution in [3.05, 3.63) is 175 Å². The van der Waals surface area contributed by atoms with Crippen LogP contribution in [0.25, 0.3) is 0 Å². The molecule has 0 bridgehead atoms. The van der Waals surface area contributed by atoms with Gasteiger partial charge in [-0.15, -0.1) is 0 Å². The van der Waals surface area contributed by atoms with E-state index in [4.69, 9.17) is 24.1 Å². The van der Waals surface area contributed by atoms with Crippen molar-refractivity contribution in [2.45, 2.75) is 351 Å². The average molecular weight is 1720 g/mol. The number of ether oxygens (including phenoxy) is 4. The number of benzene rings is 3. The number of hydrogen-bond donors (Lipinski definition) is 13. The third-order valence-corrected chi connectivity index (χ3v) is 23.6. The third kappa shape index (κ3) is 41.6. The van der Waals surface area contributed by atoms with Crippen LogP contribution in [-0.4, -0.2) is 194 Å². The highest BCUT2D eigenvalue weighted by Gasteiger charge is 2.57. The molecule has 21 nitrogen and oxygen atoms in total. The number of allylic oxidation sites excluding steroid dienone is 8. The Kier molecular flexibility index (Phi) is 50.7. The zero-order chi connectivity index (χ0) is 89.5. The van der Waals surface area contributed by atoms with E-state index >= 15 is 0 Å². The molecule has 5 fully saturated rings. The topological polar surface area (TPSA) is 371 Å². The molecule has 0 aromatic heterocycles. The van der Waals surface area contributed by atoms with Crippen molar-refractivity contribution >= 4 is 23.7 Å². The van der Waals surface area contributed by atoms with E-state index < -0.39 is 103 Å². The molecule has 4 saturated carbocycles. The summed E-state index contributed by atoms with van der Waals surface area (Å²) < 4.78 is 59.8. The van der Waals surface area contributed by atoms with Gasteiger partial charge in [-0.3, -0.25) is 19.2 Å². The molecule has 24 heteroatoms. The molecule has 13 N–H and O–H groups in total. The standard InChI is InChI=1S/C26H35F3O7.C26H40O5.C26H38O4.C20H34O5/c1-15(2)35-22(33)11-6-4-3-5-10-18-19(30)13-20(31)23(18)25-24(36-25)21(32)14-34-17-9-7-8-16(12-17)26(27,28)29;1-19(2)31-26(30)13-9-4-3-8-12-22-23(25(29)18-24(22)28)17-16-21(27)15-14-20-10-6-5-7-11-20;1-2-10-21(27)13-8-3-4-9-14-23-24(26(30)19-25(23)29)18-17-22(28)16-15-20-11-6-5-7-12-20;1-2-3-6-9-15(21)12-13-17-16(18(22)14-19(17)23)10-7-4-5-8-11-20(24)25/h3,5,7-9,12,15,18-21,23-25,30-32H,4,6,10-11,13-14H2,1-2H3;3,5-8,10-11,19,21-25,27-29H,4,9,12-18H2,1-2H3;4-7,9,11-12,17-18,22-26,28-30H,2-3,8,10,13-16,19H2,1H3;4,7,12-13,15-19,21-23H,2-3,5-6,8-11,14H2,1H3,(H,24,25)/b5-3-;8-3-;9-4-,18-17+;7-4-,13-12+/t18-,19-,20+,21-,23+,24+,25+;21-,22+,23+,24-,25+;22-,23+,24+,25-,26+;15-,16+,17+,18-,19+/m0000/s1. The second-order valence-corrected chi connectivity index (χ2v) is 34.3. The lowest BCUT2D eigenvalue weighted by Crippen LogP contribution is -2.32. The van der Waals surface area contributed by atoms with Gasteiger partial charge in [-0.1, -0.05) is 173 Å². The lowest BCUT2D eigenvalue weighted by atomic mass is 9.85. The highest BCUT2D eigenvalue weighted by molar-refractivity contribution is 5.78. The number of aliphatic carboxylic acids is 1. The van der Waals surface area contributed by atoms with Crippen molar-refractivity contribution in [1.82, 2.24) is 0 Å². The first-order valence-corrected chi connectivity index (χ1v) is 45.1. The zero-order valence-corrected chi connectivity index (χ0v) is 72.9. The molecule has 22 atom stereocenters. The predicted molar refractivity (Wildman–Crippen MR) is 466 cm³/mol. The quantitative estimate of drug-likeness (QED) is 0.0108. The van der Waals surface area contributed by atoms with Gasteiger partial charge >= 0.3 is 24.1 Å². The summed E-state index contributed by atoms with van der Waals surface area (Å²) in [7, 11) is 0. The Balaban J connectivity index is 0.000000292. The molecule has 5 aliphatic rings. The Bertz CT molecular complexity index is 3550. The van der Waals surface area contributed by atoms with Gasteiger partial charge in [-0.25, -0.2) is 0 Å². The molecule has 3 aromatic rings. The Morgan fingerprint density at radius 1 is 0.475 bits per heavy atom. The van der Waals surface area contributed by atoms with E-state index in [2.05, 4.69) is 49.4 Å². The minimum atomic E-state index is -4.49. The van der Waals surface area contributed by atoms with Gasteiger partial charge in [0.05, 0.1) is 91.0 Å². The maximum absolute atomic E-state index is 12.9. The first-order valence-electron chi connectivity index (χ1n) is 45.1. The Hall–Kier alpha value is -6.75. The summed E-state index contributed by atoms with van der Waals surface area (Å²) in [5.41, 5.74) is 1.57. The van der Waals surface area contributed by atoms with Crippen molar-refractivity contribution < 1.29 is 118 Å². The molecule has 1 saturated heterocycles. The maximum Gasteiger partial charge on any atom is 0.416 e. The van der Waals surface area contributed by atoms with Crippen LogP contribution in [0.1, 0.15) is 251 Å². The number of esters is 2. The fourth-order valence-corrected chi connectivity index (χ4v) is 16.8. The van der Waals surface area contributed by atoms with Crippen LogP contribution in [0, 0.1) is 47.3 Å². The van der Waals surface area contributed by atoms with E-state index in [0.717, 1.165) is 82.8 Å². The number of halogens is 3. The van der Waals surface area contributed by atoms with E-state index in [1.807, 2.05) is 99.7 Å². The van der Waals surface area contributed by atoms with Crippen molar-refractivity contribution in [3.63, 3.8) is 0 Å². The van der Waals surface area contributed by atoms with Gasteiger partial charge in [0.1, 0.15) is 30.3 Å². The van der Waals surface area contributed by atoms with Crippen LogP contribution >= 0.6 is 0 Å². The summed E-state index contributed by atoms with van der Waals surface area (Å²) >= 11 is 0. The fraction of sp³-hybridized carbons (Fsp3) is 0.653. The summed E-state index contributed by atoms with van der Waals surface area (Å²) in [5, 5.41) is 133. The van der Waals surface area contributed by atoms with Crippen LogP contribution in [0.5, 0.6) is 5.75 Å². The second kappa shape index (κ2) is 58.5. The number of epoxide rings is 1. The number of carbonyl (C=O) groups excluding carboxylic acids is 3. The molecule has 0 spiro atoms. The van der Waals surface area contributed by atoms with Gasteiger partial charge in [0.15, 0.2) is 0 Å². The summed E-state index contributed by atoms with van der Waals surface area (Å²) in [4.78, 5) is 45.1. The van der Waals surface area contributed by atoms with E-state index in [0.29, 0.717) is 128 Å². The lowest BCUT2D eigenvalue weighted by molar-refractivity contribution is -0.148. The Morgan fingerprint density at radius 2 is 0.926 bits per heavy atom. The lowest BCUT2D eigenvalue weighted by Gasteiger charge is -2.23. The van der Waals surface area contributed by atoms with E-state index in [9.17, 15) is 93.6 Å². The molecule has 3 aromatic carbocycles. The minimum Gasteiger partial charge on any atom is -0.491 e. The van der Waals surface area contributed by atoms with Gasteiger partial charge in [-0.2, -0.15) is 13.2 Å². The molecule has 4 aliphatic carbocycles. The Labute approximate surface area is 723 Å². The number of Topliss-reactive ketones (excluding diaryl/α,β-unsaturated/α-hetero) is 1. The largest absolute Gasteiger partial charge is 0.491 e. The number of ketones is 1. The summed E-state index contributed by atoms with van der Waals surface area (Å²) in [6.07, 6.45) is 31.2. The molecule has 8 rings (SSSR count). The summed E-state index contributed by atoms with van der Waals surface area (Å²) in [6, 6.07) is 24.6. The molecule has 122 heavy (non-hydrogen) atoms. The van der Waals surface area contributed by atoms with Crippen LogP contribution in [0.4, 0.5) is 13.2 Å². The number of hydrogen-bond acceptors (Lipinski definition) is 20. The number of aliphatic hydroxyl groups is 12. The number of aliphatic hydroxyl groups excluding tert-OH is 12. The number of unbranched alkanes of at least 4 members (excludes halogenated alkanes) is 6. The molecule has 0 radical (unpaired) electrons. The average Bonchev–Trinajstić information content (AvgIpc) is 1.60. The van der Waals surface area contributed by atoms with Crippen molar-refractivity contribution in [3.8, 4) is 5.75 Å². The van der Waals surface area contributed by atoms with Gasteiger partial charge < -0.3 is 85.3 Å². The van der Waals surface area contributed by atoms with Crippen molar-refractivity contribution in [2.75, 3.05) is 6.61 Å². The summed E-state index contributed by atoms with van der Waals surface area (Å²) in [6.45, 7) is 11.2. The van der Waals surface area contributed by atoms with Crippen molar-refractivity contribution in [2.24, 2.45) is 47.3 Å². The number of carboxylic acid groups (broad SMARTS) is 1. The molecular weight excluding hydrogens is 1570 g/mol. The number of carbonyl (C=O) groups is 4. The highest BCUT2D eigenvalue weighted by Crippen LogP contribution is 2.47. The summed E-state index contributed by atoms with van der Waals surface area (Å²) in [5.74, 6) is -1.93. The van der Waals surface area contributed by atoms with E-state index in [1.54, 1.807) is 26.0 Å². The normalized spacial score (nSPS) is 26.8. The molecule has 0 unspecified atom stereocenters. The van der Waals surface area contributed by atoms with Crippen LogP contribution in [-0.2, 0) is 52.4 Å². The van der Waals surface area contributed by atoms with Gasteiger partial charge in [0, 0.05) is 62.7 Å². The molecule has 1 aliphatic heterocycles. The SMILES string of the molecule is CC(C)OC(=O)CCC/C=C\C[C@@H]1[C@@H](CC[C@@H](O)CCc2ccccc2)[C@H](O)C[C@@H]1O.CC(C)OC(=O)CCC/C=C\C[C@@H]1[C@@H]([C@H]2O[C@@H]2[C@@H](O)COc2cccc(C(F)(F)F)c2)[C@H](O)C[C@@H]1O.CCCC(=O)CCC/C=C\C[C@@H]1[C@@H](/C=C/[C@@H](O)CCc2ccccc2)[C@H](O)C[C@@H]1O.CCCCC[C@H](O)/C=C/[C@@H]1[C@@H](C/C=C\CCCC(=O)O)[C@@H](O)C[C@H]1O. The minimum absolute atomic E-state index is 0.00652. The van der Waals surface area contributed by atoms with Gasteiger partial charge in [0.25, 0.3) is 0 Å². The monoisotopic (exact) mass is 1720 g/mol. The second-order valence-electron chi connectivity index (χ2n) is 34.3. The fourth-order valence-electron chi connectivity index (χ4n) is 16.8.